The molecule has 1 aliphatic rings. The molecule has 1 unspecified atom stereocenters. The molecule has 1 aromatic heterocycles. The molecule has 0 amide bonds. The van der Waals surface area contributed by atoms with Crippen molar-refractivity contribution in [2.45, 2.75) is 53.5 Å². The van der Waals surface area contributed by atoms with Crippen molar-refractivity contribution in [1.29, 1.82) is 0 Å². The number of para-hydroxylation sites is 1. The number of hydrazone groups is 1. The monoisotopic (exact) mass is 326 g/mol. The third-order valence-electron chi connectivity index (χ3n) is 4.66. The molecule has 0 saturated heterocycles. The van der Waals surface area contributed by atoms with E-state index in [1.165, 1.54) is 6.42 Å². The number of anilines is 1. The minimum atomic E-state index is -0.0249. The summed E-state index contributed by atoms with van der Waals surface area (Å²) in [5.41, 5.74) is 5.17. The number of fused-ring (bicyclic) bond motifs is 1. The fraction of sp³-hybridized carbons (Fsp3) is 0.526. The zero-order valence-electron chi connectivity index (χ0n) is 15.0. The lowest BCUT2D eigenvalue weighted by molar-refractivity contribution is 0.266. The summed E-state index contributed by atoms with van der Waals surface area (Å²) >= 11 is 0. The normalized spacial score (nSPS) is 22.0. The summed E-state index contributed by atoms with van der Waals surface area (Å²) in [6, 6.07) is 7.44. The van der Waals surface area contributed by atoms with Crippen LogP contribution in [0.2, 0.25) is 0 Å². The quantitative estimate of drug-likeness (QED) is 0.866. The summed E-state index contributed by atoms with van der Waals surface area (Å²) in [5, 5.41) is 5.24. The molecule has 0 spiro atoms. The molecule has 128 valence electrons. The van der Waals surface area contributed by atoms with Gasteiger partial charge in [-0.15, -0.1) is 0 Å². The topological polar surface area (TPSA) is 59.3 Å². The van der Waals surface area contributed by atoms with Crippen LogP contribution in [0.4, 0.5) is 5.95 Å². The molecule has 1 N–H and O–H groups in total. The van der Waals surface area contributed by atoms with Crippen molar-refractivity contribution in [3.63, 3.8) is 0 Å². The van der Waals surface area contributed by atoms with E-state index in [1.807, 2.05) is 31.2 Å². The second-order valence-corrected chi connectivity index (χ2v) is 7.65. The highest BCUT2D eigenvalue weighted by Crippen LogP contribution is 2.37. The van der Waals surface area contributed by atoms with E-state index in [2.05, 4.69) is 36.3 Å². The number of hydrogen-bond acceptors (Lipinski definition) is 4. The third kappa shape index (κ3) is 3.35. The maximum Gasteiger partial charge on any atom is 0.262 e. The van der Waals surface area contributed by atoms with Gasteiger partial charge in [-0.05, 0) is 49.7 Å². The second-order valence-electron chi connectivity index (χ2n) is 7.65. The summed E-state index contributed by atoms with van der Waals surface area (Å²) in [6.45, 7) is 9.35. The summed E-state index contributed by atoms with van der Waals surface area (Å²) < 4.78 is 1.64. The number of nitrogens with one attached hydrogen (secondary N) is 1. The molecule has 1 aromatic carbocycles. The van der Waals surface area contributed by atoms with Gasteiger partial charge >= 0.3 is 0 Å². The van der Waals surface area contributed by atoms with E-state index >= 15 is 0 Å². The molecule has 0 aliphatic heterocycles. The standard InChI is InChI=1S/C19H26N4O/c1-5-23-17(24)15-8-6-7-9-16(15)20-18(23)22-21-14-10-13(2)11-19(3,4)12-14/h6-9,13H,5,10-12H2,1-4H3,(H,20,22)/b21-14-. The van der Waals surface area contributed by atoms with Gasteiger partial charge in [-0.1, -0.05) is 32.9 Å². The highest BCUT2D eigenvalue weighted by Gasteiger charge is 2.29. The molecule has 5 heteroatoms. The van der Waals surface area contributed by atoms with E-state index in [0.29, 0.717) is 29.3 Å². The molecule has 3 rings (SSSR count). The molecule has 1 aliphatic carbocycles. The van der Waals surface area contributed by atoms with Crippen molar-refractivity contribution < 1.29 is 0 Å². The average molecular weight is 326 g/mol. The van der Waals surface area contributed by atoms with Crippen molar-refractivity contribution in [2.24, 2.45) is 16.4 Å². The van der Waals surface area contributed by atoms with Gasteiger partial charge in [0.15, 0.2) is 0 Å². The van der Waals surface area contributed by atoms with Gasteiger partial charge in [-0.3, -0.25) is 9.36 Å². The number of benzene rings is 1. The summed E-state index contributed by atoms with van der Waals surface area (Å²) in [7, 11) is 0. The highest BCUT2D eigenvalue weighted by atomic mass is 16.1. The van der Waals surface area contributed by atoms with Gasteiger partial charge in [-0.25, -0.2) is 10.4 Å². The Hall–Kier alpha value is -2.17. The van der Waals surface area contributed by atoms with Crippen LogP contribution in [-0.2, 0) is 6.54 Å². The van der Waals surface area contributed by atoms with Crippen LogP contribution in [0.15, 0.2) is 34.2 Å². The number of rotatable bonds is 3. The SMILES string of the molecule is CCn1c(N/N=C2/CC(C)CC(C)(C)C2)nc2ccccc2c1=O. The zero-order valence-corrected chi connectivity index (χ0v) is 15.0. The minimum absolute atomic E-state index is 0.0249. The van der Waals surface area contributed by atoms with E-state index in [-0.39, 0.29) is 11.0 Å². The van der Waals surface area contributed by atoms with Crippen molar-refractivity contribution in [2.75, 3.05) is 5.43 Å². The molecule has 1 heterocycles. The molecule has 24 heavy (non-hydrogen) atoms. The molecule has 0 bridgehead atoms. The number of aromatic nitrogens is 2. The lowest BCUT2D eigenvalue weighted by Crippen LogP contribution is -2.29. The molecule has 0 radical (unpaired) electrons. The Morgan fingerprint density at radius 1 is 1.38 bits per heavy atom. The van der Waals surface area contributed by atoms with Gasteiger partial charge in [-0.2, -0.15) is 5.10 Å². The van der Waals surface area contributed by atoms with Crippen LogP contribution in [0.1, 0.15) is 47.0 Å². The van der Waals surface area contributed by atoms with Crippen LogP contribution >= 0.6 is 0 Å². The van der Waals surface area contributed by atoms with Gasteiger partial charge in [0.1, 0.15) is 0 Å². The Morgan fingerprint density at radius 2 is 2.12 bits per heavy atom. The molecule has 1 fully saturated rings. The molecular formula is C19H26N4O. The first-order valence-corrected chi connectivity index (χ1v) is 8.70. The van der Waals surface area contributed by atoms with Crippen LogP contribution in [0.25, 0.3) is 10.9 Å². The first-order valence-electron chi connectivity index (χ1n) is 8.70. The number of nitrogens with zero attached hydrogens (tertiary/aromatic N) is 3. The molecule has 1 atom stereocenters. The van der Waals surface area contributed by atoms with Gasteiger partial charge in [0, 0.05) is 12.3 Å². The minimum Gasteiger partial charge on any atom is -0.277 e. The Balaban J connectivity index is 1.95. The maximum absolute atomic E-state index is 12.6. The molecule has 5 nitrogen and oxygen atoms in total. The molecule has 1 saturated carbocycles. The Bertz CT molecular complexity index is 835. The van der Waals surface area contributed by atoms with Gasteiger partial charge in [0.2, 0.25) is 5.95 Å². The maximum atomic E-state index is 12.6. The first kappa shape index (κ1) is 16.7. The number of hydrogen-bond donors (Lipinski definition) is 1. The van der Waals surface area contributed by atoms with Crippen LogP contribution in [0, 0.1) is 11.3 Å². The van der Waals surface area contributed by atoms with Crippen LogP contribution in [0.3, 0.4) is 0 Å². The predicted octanol–water partition coefficient (Wildman–Crippen LogP) is 4.03. The Morgan fingerprint density at radius 3 is 2.83 bits per heavy atom. The summed E-state index contributed by atoms with van der Waals surface area (Å²) in [6.07, 6.45) is 3.20. The van der Waals surface area contributed by atoms with Crippen molar-refractivity contribution >= 4 is 22.6 Å². The summed E-state index contributed by atoms with van der Waals surface area (Å²) in [5.74, 6) is 1.15. The van der Waals surface area contributed by atoms with Crippen molar-refractivity contribution in [1.82, 2.24) is 9.55 Å². The lowest BCUT2D eigenvalue weighted by atomic mass is 9.72. The third-order valence-corrected chi connectivity index (χ3v) is 4.66. The predicted molar refractivity (Wildman–Crippen MR) is 99.5 cm³/mol. The summed E-state index contributed by atoms with van der Waals surface area (Å²) in [4.78, 5) is 17.2. The first-order chi connectivity index (χ1) is 11.4. The largest absolute Gasteiger partial charge is 0.277 e. The molecule has 2 aromatic rings. The van der Waals surface area contributed by atoms with Crippen molar-refractivity contribution in [3.05, 3.63) is 34.6 Å². The fourth-order valence-electron chi connectivity index (χ4n) is 3.88. The molecular weight excluding hydrogens is 300 g/mol. The second kappa shape index (κ2) is 6.38. The van der Waals surface area contributed by atoms with E-state index in [4.69, 9.17) is 0 Å². The van der Waals surface area contributed by atoms with Crippen molar-refractivity contribution in [3.8, 4) is 0 Å². The average Bonchev–Trinajstić information content (AvgIpc) is 2.51. The van der Waals surface area contributed by atoms with Gasteiger partial charge in [0.05, 0.1) is 10.9 Å². The van der Waals surface area contributed by atoms with Crippen LogP contribution in [0.5, 0.6) is 0 Å². The Kier molecular flexibility index (Phi) is 4.43. The Labute approximate surface area is 142 Å². The lowest BCUT2D eigenvalue weighted by Gasteiger charge is -2.34. The van der Waals surface area contributed by atoms with Crippen LogP contribution < -0.4 is 11.0 Å². The highest BCUT2D eigenvalue weighted by molar-refractivity contribution is 5.86. The van der Waals surface area contributed by atoms with E-state index < -0.39 is 0 Å². The van der Waals surface area contributed by atoms with E-state index in [0.717, 1.165) is 18.6 Å². The smallest absolute Gasteiger partial charge is 0.262 e. The van der Waals surface area contributed by atoms with E-state index in [1.54, 1.807) is 4.57 Å². The van der Waals surface area contributed by atoms with Gasteiger partial charge in [0.25, 0.3) is 5.56 Å². The van der Waals surface area contributed by atoms with Crippen LogP contribution in [-0.4, -0.2) is 15.3 Å². The zero-order chi connectivity index (χ0) is 17.3. The fourth-order valence-corrected chi connectivity index (χ4v) is 3.88. The van der Waals surface area contributed by atoms with E-state index in [9.17, 15) is 4.79 Å². The van der Waals surface area contributed by atoms with Gasteiger partial charge < -0.3 is 0 Å².